The summed E-state index contributed by atoms with van der Waals surface area (Å²) in [6.45, 7) is 3.02. The van der Waals surface area contributed by atoms with Crippen molar-refractivity contribution in [1.29, 1.82) is 0 Å². The highest BCUT2D eigenvalue weighted by atomic mass is 16.3. The zero-order chi connectivity index (χ0) is 19.1. The first kappa shape index (κ1) is 17.4. The predicted octanol–water partition coefficient (Wildman–Crippen LogP) is -0.660. The van der Waals surface area contributed by atoms with Crippen molar-refractivity contribution in [3.8, 4) is 0 Å². The zero-order valence-electron chi connectivity index (χ0n) is 15.2. The van der Waals surface area contributed by atoms with Gasteiger partial charge in [-0.15, -0.1) is 0 Å². The van der Waals surface area contributed by atoms with Gasteiger partial charge in [0.1, 0.15) is 6.67 Å². The first-order chi connectivity index (χ1) is 13.0. The Bertz CT molecular complexity index is 838. The summed E-state index contributed by atoms with van der Waals surface area (Å²) in [5, 5.41) is 0. The van der Waals surface area contributed by atoms with Crippen LogP contribution in [0.15, 0.2) is 27.8 Å². The monoisotopic (exact) mass is 373 g/mol. The largest absolute Gasteiger partial charge is 0.459 e. The lowest BCUT2D eigenvalue weighted by Crippen LogP contribution is -2.62. The van der Waals surface area contributed by atoms with Crippen molar-refractivity contribution in [2.75, 3.05) is 46.9 Å². The Hall–Kier alpha value is -3.01. The molecule has 27 heavy (non-hydrogen) atoms. The topological polar surface area (TPSA) is 92.7 Å². The lowest BCUT2D eigenvalue weighted by atomic mass is 10.1. The first-order valence-corrected chi connectivity index (χ1v) is 8.74. The zero-order valence-corrected chi connectivity index (χ0v) is 15.2. The predicted molar refractivity (Wildman–Crippen MR) is 94.5 cm³/mol. The Morgan fingerprint density at radius 2 is 1.96 bits per heavy atom. The molecular weight excluding hydrogens is 352 g/mol. The van der Waals surface area contributed by atoms with E-state index in [-0.39, 0.29) is 17.8 Å². The molecule has 0 radical (unpaired) electrons. The van der Waals surface area contributed by atoms with E-state index >= 15 is 0 Å². The van der Waals surface area contributed by atoms with Gasteiger partial charge in [0.15, 0.2) is 5.76 Å². The Kier molecular flexibility index (Phi) is 4.27. The van der Waals surface area contributed by atoms with Crippen LogP contribution >= 0.6 is 0 Å². The maximum absolute atomic E-state index is 12.5. The number of likely N-dealkylation sites (N-methyl/N-ethyl adjacent to an activating group) is 2. The number of carbonyl (C=O) groups excluding carboxylic acids is 3. The minimum Gasteiger partial charge on any atom is -0.459 e. The number of nitrogens with zero attached hydrogens (tertiary/aromatic N) is 6. The summed E-state index contributed by atoms with van der Waals surface area (Å²) in [5.41, 5.74) is 0. The number of amides is 4. The molecule has 10 heteroatoms. The number of hydrogen-bond donors (Lipinski definition) is 0. The van der Waals surface area contributed by atoms with Crippen LogP contribution in [-0.4, -0.2) is 107 Å². The van der Waals surface area contributed by atoms with E-state index in [2.05, 4.69) is 9.89 Å². The molecule has 3 aliphatic rings. The molecule has 10 nitrogen and oxygen atoms in total. The van der Waals surface area contributed by atoms with Crippen molar-refractivity contribution in [3.05, 3.63) is 24.2 Å². The van der Waals surface area contributed by atoms with E-state index in [0.717, 1.165) is 4.90 Å². The highest BCUT2D eigenvalue weighted by Crippen LogP contribution is 2.17. The van der Waals surface area contributed by atoms with Gasteiger partial charge in [0.25, 0.3) is 30.0 Å². The molecule has 0 aliphatic carbocycles. The van der Waals surface area contributed by atoms with Gasteiger partial charge in [-0.2, -0.15) is 0 Å². The average Bonchev–Trinajstić information content (AvgIpc) is 3.35. The van der Waals surface area contributed by atoms with Crippen LogP contribution < -0.4 is 0 Å². The van der Waals surface area contributed by atoms with Gasteiger partial charge in [0, 0.05) is 40.3 Å². The molecule has 0 bridgehead atoms. The summed E-state index contributed by atoms with van der Waals surface area (Å²) in [6, 6.07) is 2.40. The fourth-order valence-corrected chi connectivity index (χ4v) is 3.54. The highest BCUT2D eigenvalue weighted by molar-refractivity contribution is 6.21. The molecule has 2 saturated heterocycles. The molecule has 3 aliphatic heterocycles. The molecule has 1 aromatic heterocycles. The molecule has 2 fully saturated rings. The minimum atomic E-state index is -0.583. The van der Waals surface area contributed by atoms with E-state index in [1.807, 2.05) is 4.58 Å². The molecule has 4 rings (SSSR count). The number of piperazine rings is 1. The number of aliphatic imine (C=N–C) groups is 1. The number of urea groups is 1. The molecule has 1 aromatic rings. The standard InChI is InChI=1S/C17H21N6O4/c1-19-14-13(16(25)20(2)17(19)26)23(10-18-14)11-21-5-7-22(8-6-21)15(24)12-4-3-9-27-12/h3-4,9-10,13H,5-8,11H2,1-2H3/q+1. The first-order valence-electron chi connectivity index (χ1n) is 8.74. The maximum atomic E-state index is 12.5. The fraction of sp³-hybridized carbons (Fsp3) is 0.471. The summed E-state index contributed by atoms with van der Waals surface area (Å²) in [4.78, 5) is 47.6. The highest BCUT2D eigenvalue weighted by Gasteiger charge is 2.50. The molecule has 4 heterocycles. The van der Waals surface area contributed by atoms with Gasteiger partial charge >= 0.3 is 6.03 Å². The number of furan rings is 1. The van der Waals surface area contributed by atoms with Gasteiger partial charge in [-0.1, -0.05) is 0 Å². The van der Waals surface area contributed by atoms with E-state index < -0.39 is 6.04 Å². The number of hydrogen-bond acceptors (Lipinski definition) is 6. The Morgan fingerprint density at radius 3 is 2.63 bits per heavy atom. The number of imide groups is 1. The van der Waals surface area contributed by atoms with Gasteiger partial charge in [-0.3, -0.25) is 24.3 Å². The third-order valence-electron chi connectivity index (χ3n) is 5.15. The third-order valence-corrected chi connectivity index (χ3v) is 5.15. The van der Waals surface area contributed by atoms with Gasteiger partial charge in [-0.25, -0.2) is 9.37 Å². The summed E-state index contributed by atoms with van der Waals surface area (Å²) in [5.74, 6) is 0.409. The molecule has 142 valence electrons. The van der Waals surface area contributed by atoms with E-state index in [4.69, 9.17) is 4.42 Å². The van der Waals surface area contributed by atoms with Crippen molar-refractivity contribution < 1.29 is 23.4 Å². The average molecular weight is 373 g/mol. The molecule has 4 amide bonds. The molecule has 0 saturated carbocycles. The number of rotatable bonds is 3. The van der Waals surface area contributed by atoms with Gasteiger partial charge in [-0.05, 0) is 17.1 Å². The van der Waals surface area contributed by atoms with Gasteiger partial charge in [0.05, 0.1) is 6.26 Å². The van der Waals surface area contributed by atoms with Crippen molar-refractivity contribution in [2.24, 2.45) is 4.99 Å². The second-order valence-corrected chi connectivity index (χ2v) is 6.79. The summed E-state index contributed by atoms with van der Waals surface area (Å²) < 4.78 is 7.01. The molecular formula is C17H21N6O4+. The molecule has 1 unspecified atom stereocenters. The quantitative estimate of drug-likeness (QED) is 0.656. The smallest absolute Gasteiger partial charge is 0.333 e. The van der Waals surface area contributed by atoms with Gasteiger partial charge in [0.2, 0.25) is 0 Å². The van der Waals surface area contributed by atoms with Crippen LogP contribution in [0.3, 0.4) is 0 Å². The maximum Gasteiger partial charge on any atom is 0.333 e. The number of amidine groups is 1. The Balaban J connectivity index is 1.37. The van der Waals surface area contributed by atoms with Crippen LogP contribution in [0.5, 0.6) is 0 Å². The van der Waals surface area contributed by atoms with Crippen molar-refractivity contribution in [1.82, 2.24) is 19.6 Å². The normalized spacial score (nSPS) is 23.5. The van der Waals surface area contributed by atoms with E-state index in [9.17, 15) is 14.4 Å². The van der Waals surface area contributed by atoms with Crippen LogP contribution in [-0.2, 0) is 4.79 Å². The number of carbonyl (C=O) groups is 3. The Morgan fingerprint density at radius 1 is 1.22 bits per heavy atom. The lowest BCUT2D eigenvalue weighted by molar-refractivity contribution is -0.552. The summed E-state index contributed by atoms with van der Waals surface area (Å²) >= 11 is 0. The summed E-state index contributed by atoms with van der Waals surface area (Å²) in [7, 11) is 3.10. The Labute approximate surface area is 155 Å². The van der Waals surface area contributed by atoms with Crippen LogP contribution in [0.4, 0.5) is 4.79 Å². The third kappa shape index (κ3) is 2.91. The van der Waals surface area contributed by atoms with Crippen LogP contribution in [0, 0.1) is 0 Å². The molecule has 0 aromatic carbocycles. The second kappa shape index (κ2) is 6.62. The molecule has 0 spiro atoms. The van der Waals surface area contributed by atoms with Gasteiger partial charge < -0.3 is 9.32 Å². The van der Waals surface area contributed by atoms with Crippen molar-refractivity contribution in [3.63, 3.8) is 0 Å². The number of fused-ring (bicyclic) bond motifs is 1. The van der Waals surface area contributed by atoms with Crippen molar-refractivity contribution in [2.45, 2.75) is 6.04 Å². The van der Waals surface area contributed by atoms with Crippen LogP contribution in [0.25, 0.3) is 0 Å². The summed E-state index contributed by atoms with van der Waals surface area (Å²) in [6.07, 6.45) is 3.10. The van der Waals surface area contributed by atoms with Crippen LogP contribution in [0.2, 0.25) is 0 Å². The lowest BCUT2D eigenvalue weighted by Gasteiger charge is -2.35. The van der Waals surface area contributed by atoms with Crippen LogP contribution in [0.1, 0.15) is 10.6 Å². The van der Waals surface area contributed by atoms with E-state index in [1.54, 1.807) is 30.4 Å². The van der Waals surface area contributed by atoms with Crippen molar-refractivity contribution >= 4 is 30.0 Å². The second-order valence-electron chi connectivity index (χ2n) is 6.79. The van der Waals surface area contributed by atoms with E-state index in [0.29, 0.717) is 44.4 Å². The molecule has 0 N–H and O–H groups in total. The molecule has 1 atom stereocenters. The van der Waals surface area contributed by atoms with E-state index in [1.165, 1.54) is 18.2 Å². The minimum absolute atomic E-state index is 0.109. The fourth-order valence-electron chi connectivity index (χ4n) is 3.54. The SMILES string of the molecule is CN1C(=O)C2C(=NC=[N+]2CN2CCN(C(=O)c3ccco3)CC2)N(C)C1=O.